The molecule has 0 unspecified atom stereocenters. The molecule has 0 aromatic heterocycles. The highest BCUT2D eigenvalue weighted by atomic mass is 16.3. The van der Waals surface area contributed by atoms with Crippen LogP contribution in [-0.4, -0.2) is 11.7 Å². The van der Waals surface area contributed by atoms with E-state index in [2.05, 4.69) is 73.7 Å². The number of benzene rings is 4. The highest BCUT2D eigenvalue weighted by Crippen LogP contribution is 2.58. The summed E-state index contributed by atoms with van der Waals surface area (Å²) in [7, 11) is 0. The summed E-state index contributed by atoms with van der Waals surface area (Å²) in [5.41, 5.74) is 13.2. The van der Waals surface area contributed by atoms with E-state index in [4.69, 9.17) is 0 Å². The summed E-state index contributed by atoms with van der Waals surface area (Å²) >= 11 is 0. The second kappa shape index (κ2) is 6.80. The predicted molar refractivity (Wildman–Crippen MR) is 133 cm³/mol. The fourth-order valence-corrected chi connectivity index (χ4v) is 7.17. The highest BCUT2D eigenvalue weighted by Gasteiger charge is 2.49. The molecule has 0 amide bonds. The summed E-state index contributed by atoms with van der Waals surface area (Å²) in [5, 5.41) is 12.6. The molecule has 4 aromatic carbocycles. The Balaban J connectivity index is 1.56. The fraction of sp³-hybridized carbons (Fsp3) is 0.290. The molecule has 0 bridgehead atoms. The Bertz CT molecular complexity index is 1380. The maximum Gasteiger partial charge on any atom is 0.0464 e. The normalized spacial score (nSPS) is 22.6. The predicted octanol–water partition coefficient (Wildman–Crippen LogP) is 7.20. The second-order valence-corrected chi connectivity index (χ2v) is 10.0. The zero-order valence-corrected chi connectivity index (χ0v) is 18.6. The molecule has 0 spiro atoms. The molecule has 3 aliphatic carbocycles. The number of rotatable bonds is 2. The summed E-state index contributed by atoms with van der Waals surface area (Å²) in [5.74, 6) is 1.97. The molecule has 158 valence electrons. The second-order valence-electron chi connectivity index (χ2n) is 10.0. The van der Waals surface area contributed by atoms with Crippen molar-refractivity contribution < 1.29 is 5.11 Å². The van der Waals surface area contributed by atoms with Gasteiger partial charge in [0.1, 0.15) is 0 Å². The van der Waals surface area contributed by atoms with Crippen molar-refractivity contribution in [3.63, 3.8) is 0 Å². The van der Waals surface area contributed by atoms with Crippen molar-refractivity contribution in [2.45, 2.75) is 32.6 Å². The van der Waals surface area contributed by atoms with Gasteiger partial charge in [-0.1, -0.05) is 66.7 Å². The van der Waals surface area contributed by atoms with Crippen LogP contribution < -0.4 is 0 Å². The van der Waals surface area contributed by atoms with E-state index in [9.17, 15) is 5.11 Å². The van der Waals surface area contributed by atoms with Gasteiger partial charge in [0.25, 0.3) is 0 Å². The summed E-state index contributed by atoms with van der Waals surface area (Å²) < 4.78 is 0. The Morgan fingerprint density at radius 3 is 2.06 bits per heavy atom. The molecule has 32 heavy (non-hydrogen) atoms. The van der Waals surface area contributed by atoms with E-state index in [0.29, 0.717) is 18.4 Å². The van der Waals surface area contributed by atoms with E-state index < -0.39 is 0 Å². The van der Waals surface area contributed by atoms with Gasteiger partial charge in [0.15, 0.2) is 0 Å². The summed E-state index contributed by atoms with van der Waals surface area (Å²) in [4.78, 5) is 0. The van der Waals surface area contributed by atoms with Crippen molar-refractivity contribution in [2.75, 3.05) is 6.61 Å². The van der Waals surface area contributed by atoms with Crippen molar-refractivity contribution in [1.29, 1.82) is 0 Å². The SMILES string of the molecule is Cc1c2c(c(-c3ccccc3)c3c1-c1cccc4cccc-3c14)CC[C@H]1[C@H](CO)[C@H]1CC2. The van der Waals surface area contributed by atoms with Gasteiger partial charge in [-0.3, -0.25) is 0 Å². The standard InChI is InChI=1S/C31H28O/c1-18-21-13-14-22-23(27(22)17-32)15-16-24(21)30(20-7-3-2-4-8-20)31-26-12-6-10-19-9-5-11-25(28(18)31)29(19)26/h2-12,22-23,27,32H,13-17H2,1H3/t22-,23+,27+/m0/s1. The monoisotopic (exact) mass is 416 g/mol. The van der Waals surface area contributed by atoms with Crippen molar-refractivity contribution in [3.8, 4) is 33.4 Å². The molecule has 0 radical (unpaired) electrons. The third-order valence-corrected chi connectivity index (χ3v) is 8.67. The van der Waals surface area contributed by atoms with Gasteiger partial charge >= 0.3 is 0 Å². The minimum atomic E-state index is 0.363. The minimum absolute atomic E-state index is 0.363. The van der Waals surface area contributed by atoms with E-state index in [0.717, 1.165) is 18.8 Å². The van der Waals surface area contributed by atoms with Crippen molar-refractivity contribution in [3.05, 3.63) is 83.4 Å². The molecule has 1 fully saturated rings. The van der Waals surface area contributed by atoms with Gasteiger partial charge in [-0.25, -0.2) is 0 Å². The maximum absolute atomic E-state index is 9.85. The van der Waals surface area contributed by atoms with Crippen LogP contribution in [0.2, 0.25) is 0 Å². The lowest BCUT2D eigenvalue weighted by molar-refractivity contribution is 0.262. The molecule has 1 saturated carbocycles. The van der Waals surface area contributed by atoms with Crippen LogP contribution in [0.25, 0.3) is 44.2 Å². The average molecular weight is 417 g/mol. The Kier molecular flexibility index (Phi) is 3.96. The van der Waals surface area contributed by atoms with E-state index in [1.165, 1.54) is 62.6 Å². The zero-order chi connectivity index (χ0) is 21.4. The molecule has 0 saturated heterocycles. The van der Waals surface area contributed by atoms with Crippen LogP contribution in [0, 0.1) is 24.7 Å². The molecule has 1 nitrogen and oxygen atoms in total. The lowest BCUT2D eigenvalue weighted by atomic mass is 9.79. The molecule has 7 rings (SSSR count). The van der Waals surface area contributed by atoms with Crippen molar-refractivity contribution in [1.82, 2.24) is 0 Å². The smallest absolute Gasteiger partial charge is 0.0464 e. The molecule has 3 aliphatic rings. The summed E-state index contributed by atoms with van der Waals surface area (Å²) in [6.07, 6.45) is 4.68. The number of fused-ring (bicyclic) bond motifs is 5. The lowest BCUT2D eigenvalue weighted by Gasteiger charge is -2.25. The van der Waals surface area contributed by atoms with Crippen LogP contribution in [0.15, 0.2) is 66.7 Å². The number of aliphatic hydroxyl groups excluding tert-OH is 1. The van der Waals surface area contributed by atoms with Crippen LogP contribution >= 0.6 is 0 Å². The van der Waals surface area contributed by atoms with Crippen LogP contribution in [-0.2, 0) is 12.8 Å². The van der Waals surface area contributed by atoms with Gasteiger partial charge in [0.2, 0.25) is 0 Å². The van der Waals surface area contributed by atoms with E-state index >= 15 is 0 Å². The third-order valence-electron chi connectivity index (χ3n) is 8.67. The molecular formula is C31H28O. The van der Waals surface area contributed by atoms with Gasteiger partial charge in [0, 0.05) is 6.61 Å². The molecule has 1 N–H and O–H groups in total. The molecule has 1 heteroatoms. The van der Waals surface area contributed by atoms with E-state index in [1.54, 1.807) is 11.1 Å². The Hall–Kier alpha value is -2.90. The Labute approximate surface area is 189 Å². The van der Waals surface area contributed by atoms with E-state index in [-0.39, 0.29) is 0 Å². The number of hydrogen-bond donors (Lipinski definition) is 1. The maximum atomic E-state index is 9.85. The van der Waals surface area contributed by atoms with Crippen LogP contribution in [0.3, 0.4) is 0 Å². The molecule has 3 atom stereocenters. The molecule has 0 heterocycles. The first-order valence-electron chi connectivity index (χ1n) is 12.1. The van der Waals surface area contributed by atoms with Gasteiger partial charge < -0.3 is 5.11 Å². The quantitative estimate of drug-likeness (QED) is 0.323. The third kappa shape index (κ3) is 2.43. The van der Waals surface area contributed by atoms with Crippen LogP contribution in [0.1, 0.15) is 29.5 Å². The number of hydrogen-bond acceptors (Lipinski definition) is 1. The van der Waals surface area contributed by atoms with Crippen LogP contribution in [0.5, 0.6) is 0 Å². The van der Waals surface area contributed by atoms with Crippen LogP contribution in [0.4, 0.5) is 0 Å². The van der Waals surface area contributed by atoms with Crippen molar-refractivity contribution in [2.24, 2.45) is 17.8 Å². The average Bonchev–Trinajstić information content (AvgIpc) is 3.38. The first kappa shape index (κ1) is 18.7. The number of aliphatic hydroxyl groups is 1. The summed E-state index contributed by atoms with van der Waals surface area (Å²) in [6, 6.07) is 24.7. The topological polar surface area (TPSA) is 20.2 Å². The van der Waals surface area contributed by atoms with Gasteiger partial charge in [-0.05, 0) is 111 Å². The molecule has 0 aliphatic heterocycles. The fourth-order valence-electron chi connectivity index (χ4n) is 7.17. The minimum Gasteiger partial charge on any atom is -0.396 e. The van der Waals surface area contributed by atoms with E-state index in [1.807, 2.05) is 0 Å². The lowest BCUT2D eigenvalue weighted by Crippen LogP contribution is -2.08. The van der Waals surface area contributed by atoms with Gasteiger partial charge in [0.05, 0.1) is 0 Å². The zero-order valence-electron chi connectivity index (χ0n) is 18.6. The Morgan fingerprint density at radius 2 is 1.38 bits per heavy atom. The largest absolute Gasteiger partial charge is 0.396 e. The van der Waals surface area contributed by atoms with Gasteiger partial charge in [-0.15, -0.1) is 0 Å². The molecular weight excluding hydrogens is 388 g/mol. The Morgan fingerprint density at radius 1 is 0.719 bits per heavy atom. The molecule has 4 aromatic rings. The highest BCUT2D eigenvalue weighted by molar-refractivity contribution is 6.19. The van der Waals surface area contributed by atoms with Crippen molar-refractivity contribution >= 4 is 10.8 Å². The first-order valence-corrected chi connectivity index (χ1v) is 12.1. The first-order chi connectivity index (χ1) is 15.8. The van der Waals surface area contributed by atoms with Gasteiger partial charge in [-0.2, -0.15) is 0 Å². The summed E-state index contributed by atoms with van der Waals surface area (Å²) in [6.45, 7) is 2.73.